The number of imide groups is 1. The van der Waals surface area contributed by atoms with Crippen molar-refractivity contribution in [3.8, 4) is 6.07 Å². The molecule has 2 aromatic carbocycles. The second kappa shape index (κ2) is 13.4. The predicted molar refractivity (Wildman–Crippen MR) is 171 cm³/mol. The number of amides is 4. The number of halogens is 2. The molecule has 3 atom stereocenters. The highest BCUT2D eigenvalue weighted by atomic mass is 35.5. The van der Waals surface area contributed by atoms with Crippen LogP contribution in [0.4, 0.5) is 10.5 Å². The number of likely N-dealkylation sites (tertiary alicyclic amines) is 1. The summed E-state index contributed by atoms with van der Waals surface area (Å²) in [5, 5.41) is 12.7. The average Bonchev–Trinajstić information content (AvgIpc) is 3.40. The number of thioether (sulfide) groups is 1. The number of nitrogens with one attached hydrogen (secondary N) is 1. The Morgan fingerprint density at radius 3 is 2.36 bits per heavy atom. The van der Waals surface area contributed by atoms with Crippen molar-refractivity contribution in [3.05, 3.63) is 63.6 Å². The molecule has 13 heteroatoms. The van der Waals surface area contributed by atoms with Gasteiger partial charge in [0.25, 0.3) is 5.91 Å². The minimum atomic E-state index is -1.37. The second-order valence-corrected chi connectivity index (χ2v) is 13.8. The van der Waals surface area contributed by atoms with Gasteiger partial charge in [-0.3, -0.25) is 14.5 Å². The quantitative estimate of drug-likeness (QED) is 0.304. The van der Waals surface area contributed by atoms with Crippen LogP contribution in [0.15, 0.2) is 42.5 Å². The fraction of sp³-hybridized carbons (Fsp3) is 0.452. The summed E-state index contributed by atoms with van der Waals surface area (Å²) in [6, 6.07) is 12.1. The number of hydrogen-bond acceptors (Lipinski definition) is 8. The molecule has 1 spiro atoms. The number of anilines is 1. The summed E-state index contributed by atoms with van der Waals surface area (Å²) in [5.41, 5.74) is -0.659. The number of nitriles is 1. The van der Waals surface area contributed by atoms with Crippen LogP contribution in [0.1, 0.15) is 44.2 Å². The highest BCUT2D eigenvalue weighted by Gasteiger charge is 2.64. The summed E-state index contributed by atoms with van der Waals surface area (Å²) in [5.74, 6) is -1.30. The minimum Gasteiger partial charge on any atom is -0.458 e. The molecule has 1 N–H and O–H groups in total. The van der Waals surface area contributed by atoms with E-state index in [9.17, 15) is 24.4 Å². The van der Waals surface area contributed by atoms with Crippen molar-refractivity contribution >= 4 is 64.5 Å². The van der Waals surface area contributed by atoms with Crippen molar-refractivity contribution in [1.82, 2.24) is 15.1 Å². The lowest BCUT2D eigenvalue weighted by Crippen LogP contribution is -2.54. The van der Waals surface area contributed by atoms with Crippen LogP contribution >= 0.6 is 35.0 Å². The minimum absolute atomic E-state index is 0.0544. The lowest BCUT2D eigenvalue weighted by Gasteiger charge is -2.34. The molecule has 44 heavy (non-hydrogen) atoms. The Morgan fingerprint density at radius 2 is 1.80 bits per heavy atom. The average molecular weight is 661 g/mol. The molecule has 2 saturated heterocycles. The third kappa shape index (κ3) is 6.99. The molecule has 0 radical (unpaired) electrons. The number of urea groups is 1. The van der Waals surface area contributed by atoms with E-state index >= 15 is 0 Å². The third-order valence-electron chi connectivity index (χ3n) is 7.68. The highest BCUT2D eigenvalue weighted by Crippen LogP contribution is 2.46. The van der Waals surface area contributed by atoms with Crippen molar-refractivity contribution in [2.24, 2.45) is 0 Å². The molecule has 2 fully saturated rings. The SMILES string of the molecule is CSCCC(NC(=O)CN1CC(c2ccc(C#N)cc2)C2(C1)C(=O)N(c1cc(Cl)cc(Cl)c1)C(=O)N2C)C(=O)OC(C)(C)C. The van der Waals surface area contributed by atoms with E-state index in [0.29, 0.717) is 17.7 Å². The number of hydrogen-bond donors (Lipinski definition) is 1. The summed E-state index contributed by atoms with van der Waals surface area (Å²) < 4.78 is 5.54. The molecule has 2 aliphatic heterocycles. The van der Waals surface area contributed by atoms with Crippen LogP contribution in [0, 0.1) is 11.3 Å². The van der Waals surface area contributed by atoms with Crippen LogP contribution in [0.5, 0.6) is 0 Å². The maximum absolute atomic E-state index is 14.4. The Kier molecular flexibility index (Phi) is 10.2. The number of benzene rings is 2. The molecular weight excluding hydrogens is 625 g/mol. The lowest BCUT2D eigenvalue weighted by atomic mass is 9.80. The number of carbonyl (C=O) groups is 4. The van der Waals surface area contributed by atoms with Crippen LogP contribution in [0.2, 0.25) is 10.0 Å². The zero-order chi connectivity index (χ0) is 32.4. The molecule has 4 rings (SSSR count). The van der Waals surface area contributed by atoms with Crippen LogP contribution in [0.3, 0.4) is 0 Å². The molecule has 10 nitrogen and oxygen atoms in total. The second-order valence-electron chi connectivity index (χ2n) is 11.9. The van der Waals surface area contributed by atoms with Gasteiger partial charge < -0.3 is 15.0 Å². The van der Waals surface area contributed by atoms with Crippen LogP contribution in [0.25, 0.3) is 0 Å². The van der Waals surface area contributed by atoms with E-state index < -0.39 is 46.9 Å². The topological polar surface area (TPSA) is 123 Å². The van der Waals surface area contributed by atoms with Gasteiger partial charge in [0.05, 0.1) is 23.9 Å². The first-order valence-corrected chi connectivity index (χ1v) is 16.2. The fourth-order valence-electron chi connectivity index (χ4n) is 5.71. The van der Waals surface area contributed by atoms with E-state index in [1.54, 1.807) is 68.7 Å². The summed E-state index contributed by atoms with van der Waals surface area (Å²) in [4.78, 5) is 58.6. The van der Waals surface area contributed by atoms with Gasteiger partial charge in [-0.2, -0.15) is 17.0 Å². The van der Waals surface area contributed by atoms with E-state index in [1.807, 2.05) is 6.26 Å². The van der Waals surface area contributed by atoms with Gasteiger partial charge >= 0.3 is 12.0 Å². The van der Waals surface area contributed by atoms with Crippen molar-refractivity contribution in [2.75, 3.05) is 43.6 Å². The van der Waals surface area contributed by atoms with E-state index in [0.717, 1.165) is 10.5 Å². The van der Waals surface area contributed by atoms with Crippen molar-refractivity contribution in [1.29, 1.82) is 5.26 Å². The molecular formula is C31H35Cl2N5O5S. The van der Waals surface area contributed by atoms with Gasteiger partial charge in [-0.25, -0.2) is 14.5 Å². The lowest BCUT2D eigenvalue weighted by molar-refractivity contribution is -0.158. The van der Waals surface area contributed by atoms with Gasteiger partial charge in [-0.05, 0) is 75.1 Å². The normalized spacial score (nSPS) is 21.1. The molecule has 0 bridgehead atoms. The highest BCUT2D eigenvalue weighted by molar-refractivity contribution is 7.98. The molecule has 2 heterocycles. The summed E-state index contributed by atoms with van der Waals surface area (Å²) in [6.07, 6.45) is 2.31. The zero-order valence-corrected chi connectivity index (χ0v) is 27.6. The molecule has 2 aliphatic rings. The van der Waals surface area contributed by atoms with Crippen LogP contribution in [-0.2, 0) is 19.1 Å². The number of esters is 1. The first-order chi connectivity index (χ1) is 20.7. The van der Waals surface area contributed by atoms with Gasteiger partial charge in [0.1, 0.15) is 17.2 Å². The Hall–Kier alpha value is -3.30. The first kappa shape index (κ1) is 33.6. The summed E-state index contributed by atoms with van der Waals surface area (Å²) >= 11 is 14.0. The molecule has 0 aromatic heterocycles. The van der Waals surface area contributed by atoms with Gasteiger partial charge in [-0.15, -0.1) is 0 Å². The van der Waals surface area contributed by atoms with Gasteiger partial charge in [0, 0.05) is 36.1 Å². The zero-order valence-electron chi connectivity index (χ0n) is 25.2. The predicted octanol–water partition coefficient (Wildman–Crippen LogP) is 4.68. The number of nitrogens with zero attached hydrogens (tertiary/aromatic N) is 4. The van der Waals surface area contributed by atoms with E-state index in [4.69, 9.17) is 27.9 Å². The fourth-order valence-corrected chi connectivity index (χ4v) is 6.70. The largest absolute Gasteiger partial charge is 0.458 e. The van der Waals surface area contributed by atoms with Crippen molar-refractivity contribution in [3.63, 3.8) is 0 Å². The standard InChI is InChI=1S/C31H35Cl2N5O5S/c1-30(2,3)43-27(40)25(10-11-44-5)35-26(39)17-37-16-24(20-8-6-19(15-34)7-9-20)31(18-37)28(41)38(29(42)36(31)4)23-13-21(32)12-22(33)14-23/h6-9,12-14,24-25H,10-11,16-18H2,1-5H3,(H,35,39). The molecule has 0 saturated carbocycles. The number of ether oxygens (including phenoxy) is 1. The summed E-state index contributed by atoms with van der Waals surface area (Å²) in [6.45, 7) is 5.49. The van der Waals surface area contributed by atoms with E-state index in [-0.39, 0.29) is 35.4 Å². The van der Waals surface area contributed by atoms with Crippen molar-refractivity contribution < 1.29 is 23.9 Å². The Labute approximate surface area is 271 Å². The van der Waals surface area contributed by atoms with Crippen LogP contribution in [-0.4, -0.2) is 89.5 Å². The van der Waals surface area contributed by atoms with E-state index in [2.05, 4.69) is 11.4 Å². The number of rotatable bonds is 9. The third-order valence-corrected chi connectivity index (χ3v) is 8.76. The van der Waals surface area contributed by atoms with Crippen LogP contribution < -0.4 is 10.2 Å². The van der Waals surface area contributed by atoms with Gasteiger partial charge in [-0.1, -0.05) is 35.3 Å². The Morgan fingerprint density at radius 1 is 1.16 bits per heavy atom. The maximum Gasteiger partial charge on any atom is 0.332 e. The smallest absolute Gasteiger partial charge is 0.332 e. The molecule has 0 aliphatic carbocycles. The monoisotopic (exact) mass is 659 g/mol. The summed E-state index contributed by atoms with van der Waals surface area (Å²) in [7, 11) is 1.56. The number of likely N-dealkylation sites (N-methyl/N-ethyl adjacent to an activating group) is 1. The van der Waals surface area contributed by atoms with Gasteiger partial charge in [0.15, 0.2) is 0 Å². The first-order valence-electron chi connectivity index (χ1n) is 14.0. The maximum atomic E-state index is 14.4. The molecule has 3 unspecified atom stereocenters. The van der Waals surface area contributed by atoms with E-state index in [1.165, 1.54) is 23.1 Å². The van der Waals surface area contributed by atoms with Gasteiger partial charge in [0.2, 0.25) is 5.91 Å². The molecule has 4 amide bonds. The Bertz CT molecular complexity index is 1470. The molecule has 2 aromatic rings. The molecule has 234 valence electrons. The Balaban J connectivity index is 1.65. The number of carbonyl (C=O) groups excluding carboxylic acids is 4. The van der Waals surface area contributed by atoms with Crippen molar-refractivity contribution in [2.45, 2.75) is 50.3 Å².